The normalized spacial score (nSPS) is 25.0. The van der Waals surface area contributed by atoms with E-state index in [1.54, 1.807) is 30.2 Å². The van der Waals surface area contributed by atoms with Crippen molar-refractivity contribution in [1.82, 2.24) is 15.3 Å². The summed E-state index contributed by atoms with van der Waals surface area (Å²) in [6.45, 7) is 0.157. The number of nitrogens with one attached hydrogen (secondary N) is 1. The maximum atomic E-state index is 13.3. The number of alkyl halides is 3. The summed E-state index contributed by atoms with van der Waals surface area (Å²) in [7, 11) is 2.92. The second-order valence-electron chi connectivity index (χ2n) is 7.71. The van der Waals surface area contributed by atoms with Crippen LogP contribution in [0, 0.1) is 0 Å². The van der Waals surface area contributed by atoms with Crippen molar-refractivity contribution in [2.75, 3.05) is 19.9 Å². The van der Waals surface area contributed by atoms with Crippen LogP contribution in [-0.4, -0.2) is 54.3 Å². The van der Waals surface area contributed by atoms with Crippen molar-refractivity contribution in [3.63, 3.8) is 0 Å². The van der Waals surface area contributed by atoms with Crippen LogP contribution in [0.15, 0.2) is 30.0 Å². The fourth-order valence-corrected chi connectivity index (χ4v) is 4.20. The van der Waals surface area contributed by atoms with Gasteiger partial charge in [-0.1, -0.05) is 23.7 Å². The fourth-order valence-electron chi connectivity index (χ4n) is 4.02. The molecule has 3 N–H and O–H groups in total. The van der Waals surface area contributed by atoms with Gasteiger partial charge in [0.25, 0.3) is 5.91 Å². The van der Waals surface area contributed by atoms with Crippen LogP contribution >= 0.6 is 11.6 Å². The molecular formula is C20H26ClF3N4O2. The average Bonchev–Trinajstić information content (AvgIpc) is 3.11. The molecule has 166 valence electrons. The maximum Gasteiger partial charge on any atom is 0.409 e. The lowest BCUT2D eigenvalue weighted by atomic mass is 9.91. The average molecular weight is 447 g/mol. The number of hydrazine groups is 1. The molecule has 1 aromatic carbocycles. The predicted molar refractivity (Wildman–Crippen MR) is 108 cm³/mol. The fraction of sp³-hybridized carbons (Fsp3) is 0.550. The number of halogens is 4. The molecule has 0 bridgehead atoms. The van der Waals surface area contributed by atoms with Crippen molar-refractivity contribution in [3.05, 3.63) is 40.6 Å². The Kier molecular flexibility index (Phi) is 6.84. The van der Waals surface area contributed by atoms with Gasteiger partial charge in [0.1, 0.15) is 11.7 Å². The summed E-state index contributed by atoms with van der Waals surface area (Å²) in [6, 6.07) is 3.16. The summed E-state index contributed by atoms with van der Waals surface area (Å²) in [5.74, 6) is -0.493. The molecule has 30 heavy (non-hydrogen) atoms. The van der Waals surface area contributed by atoms with E-state index in [9.17, 15) is 18.0 Å². The van der Waals surface area contributed by atoms with Gasteiger partial charge >= 0.3 is 6.18 Å². The summed E-state index contributed by atoms with van der Waals surface area (Å²) in [5, 5.41) is 1.24. The SMILES string of the molecule is CO[C@H]1CC[C@H](N(Cc2cccc(N)c2Cl)C(=O)C2=CC(C(F)(F)F)N(C)N2)CC1. The largest absolute Gasteiger partial charge is 0.409 e. The lowest BCUT2D eigenvalue weighted by molar-refractivity contribution is -0.168. The molecule has 6 nitrogen and oxygen atoms in total. The van der Waals surface area contributed by atoms with Crippen LogP contribution in [0.5, 0.6) is 0 Å². The Balaban J connectivity index is 1.87. The van der Waals surface area contributed by atoms with E-state index in [1.807, 2.05) is 0 Å². The predicted octanol–water partition coefficient (Wildman–Crippen LogP) is 3.47. The van der Waals surface area contributed by atoms with E-state index in [4.69, 9.17) is 22.1 Å². The monoisotopic (exact) mass is 446 g/mol. The molecule has 10 heteroatoms. The Morgan fingerprint density at radius 3 is 2.57 bits per heavy atom. The van der Waals surface area contributed by atoms with Crippen LogP contribution in [0.1, 0.15) is 31.2 Å². The van der Waals surface area contributed by atoms with Crippen LogP contribution in [-0.2, 0) is 16.1 Å². The van der Waals surface area contributed by atoms with Crippen molar-refractivity contribution in [1.29, 1.82) is 0 Å². The highest BCUT2D eigenvalue weighted by Gasteiger charge is 2.46. The highest BCUT2D eigenvalue weighted by Crippen LogP contribution is 2.32. The number of anilines is 1. The van der Waals surface area contributed by atoms with E-state index in [-0.39, 0.29) is 24.4 Å². The molecule has 1 fully saturated rings. The second-order valence-corrected chi connectivity index (χ2v) is 8.09. The van der Waals surface area contributed by atoms with E-state index in [0.717, 1.165) is 23.9 Å². The Hall–Kier alpha value is -1.97. The number of nitrogen functional groups attached to an aromatic ring is 1. The van der Waals surface area contributed by atoms with Gasteiger partial charge in [-0.3, -0.25) is 4.79 Å². The molecule has 1 aliphatic carbocycles. The molecule has 0 radical (unpaired) electrons. The molecule has 1 saturated carbocycles. The Morgan fingerprint density at radius 2 is 2.00 bits per heavy atom. The first kappa shape index (κ1) is 22.7. The Labute approximate surface area is 178 Å². The minimum absolute atomic E-state index is 0.0892. The van der Waals surface area contributed by atoms with Gasteiger partial charge in [0.05, 0.1) is 16.8 Å². The van der Waals surface area contributed by atoms with Gasteiger partial charge in [0.15, 0.2) is 0 Å². The second kappa shape index (κ2) is 9.03. The van der Waals surface area contributed by atoms with Gasteiger partial charge in [-0.25, -0.2) is 5.01 Å². The number of hydrogen-bond donors (Lipinski definition) is 2. The number of carbonyl (C=O) groups excluding carboxylic acids is 1. The molecule has 0 saturated heterocycles. The first-order valence-electron chi connectivity index (χ1n) is 9.76. The number of nitrogens with zero attached hydrogens (tertiary/aromatic N) is 2. The Morgan fingerprint density at radius 1 is 1.33 bits per heavy atom. The smallest absolute Gasteiger partial charge is 0.398 e. The van der Waals surface area contributed by atoms with Crippen LogP contribution in [0.25, 0.3) is 0 Å². The minimum Gasteiger partial charge on any atom is -0.398 e. The van der Waals surface area contributed by atoms with Crippen molar-refractivity contribution in [3.8, 4) is 0 Å². The number of methoxy groups -OCH3 is 1. The number of carbonyl (C=O) groups is 1. The molecule has 1 amide bonds. The first-order valence-corrected chi connectivity index (χ1v) is 10.1. The molecule has 1 aromatic rings. The molecule has 0 spiro atoms. The lowest BCUT2D eigenvalue weighted by Crippen LogP contribution is -2.47. The van der Waals surface area contributed by atoms with E-state index < -0.39 is 18.1 Å². The number of benzene rings is 1. The number of nitrogens with two attached hydrogens (primary N) is 1. The molecule has 1 aliphatic heterocycles. The third-order valence-corrected chi connectivity index (χ3v) is 6.19. The van der Waals surface area contributed by atoms with Gasteiger partial charge in [-0.05, 0) is 43.4 Å². The Bertz CT molecular complexity index is 810. The quantitative estimate of drug-likeness (QED) is 0.678. The molecule has 3 rings (SSSR count). The van der Waals surface area contributed by atoms with E-state index in [0.29, 0.717) is 29.1 Å². The summed E-state index contributed by atoms with van der Waals surface area (Å²) < 4.78 is 45.1. The van der Waals surface area contributed by atoms with Crippen molar-refractivity contribution >= 4 is 23.2 Å². The molecule has 0 aromatic heterocycles. The number of rotatable bonds is 5. The third kappa shape index (κ3) is 4.84. The van der Waals surface area contributed by atoms with Gasteiger partial charge in [0, 0.05) is 26.7 Å². The minimum atomic E-state index is -4.48. The van der Waals surface area contributed by atoms with E-state index in [1.165, 1.54) is 7.05 Å². The highest BCUT2D eigenvalue weighted by molar-refractivity contribution is 6.33. The lowest BCUT2D eigenvalue weighted by Gasteiger charge is -2.37. The summed E-state index contributed by atoms with van der Waals surface area (Å²) >= 11 is 6.32. The maximum absolute atomic E-state index is 13.3. The summed E-state index contributed by atoms with van der Waals surface area (Å²) in [4.78, 5) is 14.9. The van der Waals surface area contributed by atoms with Gasteiger partial charge < -0.3 is 20.8 Å². The number of likely N-dealkylation sites (N-methyl/N-ethyl adjacent to an activating group) is 1. The molecule has 1 unspecified atom stereocenters. The zero-order chi connectivity index (χ0) is 22.1. The van der Waals surface area contributed by atoms with Gasteiger partial charge in [-0.2, -0.15) is 13.2 Å². The molecular weight excluding hydrogens is 421 g/mol. The zero-order valence-corrected chi connectivity index (χ0v) is 17.6. The van der Waals surface area contributed by atoms with Crippen LogP contribution in [0.3, 0.4) is 0 Å². The number of ether oxygens (including phenoxy) is 1. The number of amides is 1. The van der Waals surface area contributed by atoms with E-state index >= 15 is 0 Å². The van der Waals surface area contributed by atoms with E-state index in [2.05, 4.69) is 5.43 Å². The standard InChI is InChI=1S/C20H26ClF3N4O2/c1-27-17(20(22,23)24)10-16(26-27)19(29)28(13-6-8-14(30-2)9-7-13)11-12-4-3-5-15(25)18(12)21/h3-5,10,13-14,17,26H,6-9,11,25H2,1-2H3/t13-,14-,17?. The molecule has 1 atom stereocenters. The topological polar surface area (TPSA) is 70.8 Å². The van der Waals surface area contributed by atoms with Crippen LogP contribution in [0.2, 0.25) is 5.02 Å². The zero-order valence-electron chi connectivity index (χ0n) is 16.9. The van der Waals surface area contributed by atoms with Gasteiger partial charge in [-0.15, -0.1) is 0 Å². The molecule has 2 aliphatic rings. The van der Waals surface area contributed by atoms with Crippen molar-refractivity contribution in [2.24, 2.45) is 0 Å². The van der Waals surface area contributed by atoms with Crippen LogP contribution in [0.4, 0.5) is 18.9 Å². The summed E-state index contributed by atoms with van der Waals surface area (Å²) in [6.07, 6.45) is -0.509. The third-order valence-electron chi connectivity index (χ3n) is 5.73. The van der Waals surface area contributed by atoms with Crippen molar-refractivity contribution < 1.29 is 22.7 Å². The van der Waals surface area contributed by atoms with Crippen molar-refractivity contribution in [2.45, 2.75) is 56.6 Å². The van der Waals surface area contributed by atoms with Crippen LogP contribution < -0.4 is 11.2 Å². The summed E-state index contributed by atoms with van der Waals surface area (Å²) in [5.41, 5.74) is 9.40. The molecule has 1 heterocycles. The van der Waals surface area contributed by atoms with Gasteiger partial charge in [0.2, 0.25) is 0 Å². The number of hydrogen-bond acceptors (Lipinski definition) is 5. The first-order chi connectivity index (χ1) is 14.1. The highest BCUT2D eigenvalue weighted by atomic mass is 35.5.